The van der Waals surface area contributed by atoms with Gasteiger partial charge in [-0.1, -0.05) is 32.0 Å². The Labute approximate surface area is 170 Å². The molecule has 29 heavy (non-hydrogen) atoms. The largest absolute Gasteiger partial charge is 0.481 e. The van der Waals surface area contributed by atoms with Crippen molar-refractivity contribution in [2.45, 2.75) is 32.8 Å². The van der Waals surface area contributed by atoms with E-state index in [1.54, 1.807) is 25.1 Å². The minimum Gasteiger partial charge on any atom is -0.481 e. The lowest BCUT2D eigenvalue weighted by Gasteiger charge is -2.18. The predicted molar refractivity (Wildman–Crippen MR) is 109 cm³/mol. The highest BCUT2D eigenvalue weighted by molar-refractivity contribution is 5.95. The molecule has 0 saturated carbocycles. The number of para-hydroxylation sites is 1. The van der Waals surface area contributed by atoms with Crippen molar-refractivity contribution >= 4 is 11.8 Å². The standard InChI is InChI=1S/C22H26N2O5/c1-14(2)17-6-4-5-7-18(17)29-15(3)21(25)23-10-11-24-22(26)16-8-9-19-20(12-16)28-13-27-19/h4-9,12,14-15H,10-11,13H2,1-3H3,(H,23,25)(H,24,26). The first kappa shape index (κ1) is 20.5. The van der Waals surface area contributed by atoms with Crippen LogP contribution in [0.1, 0.15) is 42.6 Å². The van der Waals surface area contributed by atoms with Crippen molar-refractivity contribution in [3.8, 4) is 17.2 Å². The summed E-state index contributed by atoms with van der Waals surface area (Å²) in [4.78, 5) is 24.5. The third-order valence-corrected chi connectivity index (χ3v) is 4.56. The number of carbonyl (C=O) groups is 2. The van der Waals surface area contributed by atoms with Crippen molar-refractivity contribution in [3.05, 3.63) is 53.6 Å². The van der Waals surface area contributed by atoms with E-state index in [0.717, 1.165) is 5.56 Å². The van der Waals surface area contributed by atoms with Gasteiger partial charge in [-0.25, -0.2) is 0 Å². The summed E-state index contributed by atoms with van der Waals surface area (Å²) in [7, 11) is 0. The maximum atomic E-state index is 12.3. The molecule has 0 fully saturated rings. The Morgan fingerprint density at radius 3 is 2.52 bits per heavy atom. The summed E-state index contributed by atoms with van der Waals surface area (Å²) in [6.07, 6.45) is -0.639. The molecule has 0 aromatic heterocycles. The first-order valence-electron chi connectivity index (χ1n) is 9.67. The summed E-state index contributed by atoms with van der Waals surface area (Å²) in [5.74, 6) is 1.71. The van der Waals surface area contributed by atoms with Gasteiger partial charge in [-0.05, 0) is 42.7 Å². The lowest BCUT2D eigenvalue weighted by atomic mass is 10.0. The number of ether oxygens (including phenoxy) is 3. The lowest BCUT2D eigenvalue weighted by molar-refractivity contribution is -0.127. The Morgan fingerprint density at radius 1 is 1.00 bits per heavy atom. The van der Waals surface area contributed by atoms with Crippen LogP contribution in [-0.2, 0) is 4.79 Å². The Morgan fingerprint density at radius 2 is 1.72 bits per heavy atom. The smallest absolute Gasteiger partial charge is 0.260 e. The van der Waals surface area contributed by atoms with Crippen molar-refractivity contribution in [2.24, 2.45) is 0 Å². The maximum absolute atomic E-state index is 12.3. The topological polar surface area (TPSA) is 85.9 Å². The molecule has 2 amide bonds. The molecule has 1 aliphatic rings. The summed E-state index contributed by atoms with van der Waals surface area (Å²) in [6, 6.07) is 12.7. The molecule has 0 bridgehead atoms. The summed E-state index contributed by atoms with van der Waals surface area (Å²) in [6.45, 7) is 6.63. The van der Waals surface area contributed by atoms with Gasteiger partial charge in [0.2, 0.25) is 6.79 Å². The van der Waals surface area contributed by atoms with Crippen molar-refractivity contribution in [1.82, 2.24) is 10.6 Å². The molecule has 7 heteroatoms. The van der Waals surface area contributed by atoms with E-state index in [9.17, 15) is 9.59 Å². The van der Waals surface area contributed by atoms with Crippen LogP contribution in [0.3, 0.4) is 0 Å². The van der Waals surface area contributed by atoms with Crippen LogP contribution in [0.15, 0.2) is 42.5 Å². The van der Waals surface area contributed by atoms with Gasteiger partial charge in [0, 0.05) is 18.7 Å². The predicted octanol–water partition coefficient (Wildman–Crippen LogP) is 2.85. The summed E-state index contributed by atoms with van der Waals surface area (Å²) < 4.78 is 16.3. The maximum Gasteiger partial charge on any atom is 0.260 e. The fourth-order valence-electron chi connectivity index (χ4n) is 2.95. The fourth-order valence-corrected chi connectivity index (χ4v) is 2.95. The van der Waals surface area contributed by atoms with E-state index in [-0.39, 0.29) is 18.6 Å². The molecule has 1 unspecified atom stereocenters. The molecule has 3 rings (SSSR count). The lowest BCUT2D eigenvalue weighted by Crippen LogP contribution is -2.40. The number of hydrogen-bond donors (Lipinski definition) is 2. The Kier molecular flexibility index (Phi) is 6.59. The van der Waals surface area contributed by atoms with E-state index in [1.807, 2.05) is 24.3 Å². The number of rotatable bonds is 8. The van der Waals surface area contributed by atoms with Crippen molar-refractivity contribution in [3.63, 3.8) is 0 Å². The molecule has 1 aliphatic heterocycles. The average Bonchev–Trinajstić information content (AvgIpc) is 3.18. The first-order valence-corrected chi connectivity index (χ1v) is 9.67. The second kappa shape index (κ2) is 9.32. The highest BCUT2D eigenvalue weighted by Crippen LogP contribution is 2.32. The van der Waals surface area contributed by atoms with E-state index >= 15 is 0 Å². The summed E-state index contributed by atoms with van der Waals surface area (Å²) in [5, 5.41) is 5.54. The zero-order valence-electron chi connectivity index (χ0n) is 16.9. The second-order valence-corrected chi connectivity index (χ2v) is 7.07. The molecule has 0 radical (unpaired) electrons. The van der Waals surface area contributed by atoms with Gasteiger partial charge in [-0.2, -0.15) is 0 Å². The van der Waals surface area contributed by atoms with Crippen LogP contribution < -0.4 is 24.8 Å². The van der Waals surface area contributed by atoms with Gasteiger partial charge in [-0.3, -0.25) is 9.59 Å². The average molecular weight is 398 g/mol. The second-order valence-electron chi connectivity index (χ2n) is 7.07. The fraction of sp³-hybridized carbons (Fsp3) is 0.364. The van der Waals surface area contributed by atoms with Crippen molar-refractivity contribution in [2.75, 3.05) is 19.9 Å². The molecule has 1 atom stereocenters. The zero-order valence-corrected chi connectivity index (χ0v) is 16.9. The van der Waals surface area contributed by atoms with E-state index in [1.165, 1.54) is 0 Å². The molecule has 0 aliphatic carbocycles. The normalized spacial score (nSPS) is 13.1. The quantitative estimate of drug-likeness (QED) is 0.668. The van der Waals surface area contributed by atoms with Gasteiger partial charge in [0.25, 0.3) is 11.8 Å². The van der Waals surface area contributed by atoms with Gasteiger partial charge < -0.3 is 24.8 Å². The first-order chi connectivity index (χ1) is 14.0. The molecule has 2 aromatic carbocycles. The van der Waals surface area contributed by atoms with Crippen molar-refractivity contribution in [1.29, 1.82) is 0 Å². The molecule has 2 N–H and O–H groups in total. The monoisotopic (exact) mass is 398 g/mol. The van der Waals surface area contributed by atoms with E-state index in [4.69, 9.17) is 14.2 Å². The molecule has 0 spiro atoms. The van der Waals surface area contributed by atoms with Gasteiger partial charge >= 0.3 is 0 Å². The van der Waals surface area contributed by atoms with Crippen LogP contribution in [0.25, 0.3) is 0 Å². The Balaban J connectivity index is 1.43. The van der Waals surface area contributed by atoms with Gasteiger partial charge in [-0.15, -0.1) is 0 Å². The molecule has 0 saturated heterocycles. The zero-order chi connectivity index (χ0) is 20.8. The minimum absolute atomic E-state index is 0.161. The van der Waals surface area contributed by atoms with Crippen LogP contribution in [-0.4, -0.2) is 37.8 Å². The number of fused-ring (bicyclic) bond motifs is 1. The van der Waals surface area contributed by atoms with Crippen LogP contribution in [0.2, 0.25) is 0 Å². The molecular formula is C22H26N2O5. The SMILES string of the molecule is CC(Oc1ccccc1C(C)C)C(=O)NCCNC(=O)c1ccc2c(c1)OCO2. The van der Waals surface area contributed by atoms with E-state index < -0.39 is 6.10 Å². The van der Waals surface area contributed by atoms with Crippen LogP contribution in [0.5, 0.6) is 17.2 Å². The molecule has 1 heterocycles. The van der Waals surface area contributed by atoms with Gasteiger partial charge in [0.05, 0.1) is 0 Å². The van der Waals surface area contributed by atoms with Crippen molar-refractivity contribution < 1.29 is 23.8 Å². The van der Waals surface area contributed by atoms with Gasteiger partial charge in [0.1, 0.15) is 5.75 Å². The Hall–Kier alpha value is -3.22. The number of amides is 2. The van der Waals surface area contributed by atoms with Crippen LogP contribution in [0, 0.1) is 0 Å². The molecular weight excluding hydrogens is 372 g/mol. The highest BCUT2D eigenvalue weighted by atomic mass is 16.7. The minimum atomic E-state index is -0.639. The molecule has 154 valence electrons. The highest BCUT2D eigenvalue weighted by Gasteiger charge is 2.18. The molecule has 7 nitrogen and oxygen atoms in total. The summed E-state index contributed by atoms with van der Waals surface area (Å²) in [5.41, 5.74) is 1.53. The van der Waals surface area contributed by atoms with E-state index in [2.05, 4.69) is 24.5 Å². The number of nitrogens with one attached hydrogen (secondary N) is 2. The summed E-state index contributed by atoms with van der Waals surface area (Å²) >= 11 is 0. The van der Waals surface area contributed by atoms with E-state index in [0.29, 0.717) is 41.8 Å². The molecule has 2 aromatic rings. The Bertz CT molecular complexity index is 881. The third-order valence-electron chi connectivity index (χ3n) is 4.56. The van der Waals surface area contributed by atoms with Gasteiger partial charge in [0.15, 0.2) is 17.6 Å². The third kappa shape index (κ3) is 5.19. The number of benzene rings is 2. The number of hydrogen-bond acceptors (Lipinski definition) is 5. The van der Waals surface area contributed by atoms with Crippen LogP contribution >= 0.6 is 0 Å². The number of carbonyl (C=O) groups excluding carboxylic acids is 2. The van der Waals surface area contributed by atoms with Crippen LogP contribution in [0.4, 0.5) is 0 Å².